The Morgan fingerprint density at radius 3 is 2.50 bits per heavy atom. The summed E-state index contributed by atoms with van der Waals surface area (Å²) in [6, 6.07) is 13.1. The van der Waals surface area contributed by atoms with Gasteiger partial charge in [0.25, 0.3) is 5.91 Å². The predicted molar refractivity (Wildman–Crippen MR) is 155 cm³/mol. The molecule has 9 nitrogen and oxygen atoms in total. The van der Waals surface area contributed by atoms with Gasteiger partial charge in [-0.3, -0.25) is 9.69 Å². The van der Waals surface area contributed by atoms with Gasteiger partial charge in [-0.15, -0.1) is 0 Å². The Bertz CT molecular complexity index is 1480. The van der Waals surface area contributed by atoms with Crippen molar-refractivity contribution in [1.29, 1.82) is 0 Å². The van der Waals surface area contributed by atoms with Crippen LogP contribution in [0.5, 0.6) is 11.6 Å². The minimum Gasteiger partial charge on any atom is -0.435 e. The largest absolute Gasteiger partial charge is 0.435 e. The van der Waals surface area contributed by atoms with Gasteiger partial charge in [-0.05, 0) is 56.3 Å². The average molecular weight is 546 g/mol. The highest BCUT2D eigenvalue weighted by atomic mass is 19.1. The summed E-state index contributed by atoms with van der Waals surface area (Å²) in [5.41, 5.74) is 3.63. The van der Waals surface area contributed by atoms with Crippen LogP contribution in [0.2, 0.25) is 0 Å². The monoisotopic (exact) mass is 545 g/mol. The number of carbonyl (C=O) groups excluding carboxylic acids is 1. The summed E-state index contributed by atoms with van der Waals surface area (Å²) in [6.07, 6.45) is 1.31. The fraction of sp³-hybridized carbons (Fsp3) is 0.367. The number of benzene rings is 2. The molecule has 210 valence electrons. The van der Waals surface area contributed by atoms with Gasteiger partial charge in [0.1, 0.15) is 11.9 Å². The number of carbonyl (C=O) groups is 1. The first-order chi connectivity index (χ1) is 19.4. The zero-order valence-electron chi connectivity index (χ0n) is 23.5. The maximum atomic E-state index is 15.3. The van der Waals surface area contributed by atoms with Crippen molar-refractivity contribution >= 4 is 28.3 Å². The van der Waals surface area contributed by atoms with Gasteiger partial charge in [-0.2, -0.15) is 0 Å². The van der Waals surface area contributed by atoms with E-state index in [1.165, 1.54) is 22.9 Å². The van der Waals surface area contributed by atoms with Gasteiger partial charge in [0.05, 0.1) is 0 Å². The molecule has 1 aliphatic rings. The van der Waals surface area contributed by atoms with Crippen LogP contribution in [0.1, 0.15) is 35.5 Å². The van der Waals surface area contributed by atoms with Crippen molar-refractivity contribution in [3.8, 4) is 11.6 Å². The third kappa shape index (κ3) is 5.93. The second-order valence-corrected chi connectivity index (χ2v) is 10.1. The quantitative estimate of drug-likeness (QED) is 0.300. The Hall–Kier alpha value is -4.02. The Morgan fingerprint density at radius 2 is 1.80 bits per heavy atom. The number of halogens is 1. The molecule has 5 rings (SSSR count). The minimum atomic E-state index is -0.524. The van der Waals surface area contributed by atoms with Crippen LogP contribution in [0.15, 0.2) is 48.8 Å². The molecule has 2 aromatic carbocycles. The molecular formula is C30H36FN7O2. The summed E-state index contributed by atoms with van der Waals surface area (Å²) in [7, 11) is 1.69. The highest BCUT2D eigenvalue weighted by Gasteiger charge is 2.25. The molecule has 1 aliphatic heterocycles. The van der Waals surface area contributed by atoms with Gasteiger partial charge in [0.2, 0.25) is 5.88 Å². The summed E-state index contributed by atoms with van der Waals surface area (Å²) in [6.45, 7) is 12.7. The first kappa shape index (κ1) is 27.5. The lowest BCUT2D eigenvalue weighted by atomic mass is 10.1. The Kier molecular flexibility index (Phi) is 8.27. The lowest BCUT2D eigenvalue weighted by Gasteiger charge is -2.34. The van der Waals surface area contributed by atoms with E-state index in [4.69, 9.17) is 4.74 Å². The van der Waals surface area contributed by atoms with Crippen LogP contribution in [0.25, 0.3) is 10.9 Å². The Labute approximate surface area is 234 Å². The summed E-state index contributed by atoms with van der Waals surface area (Å²) in [5, 5.41) is 3.66. The molecule has 0 bridgehead atoms. The Balaban J connectivity index is 1.39. The number of nitrogens with one attached hydrogen (secondary N) is 2. The number of ether oxygens (including phenoxy) is 1. The normalized spacial score (nSPS) is 14.4. The molecule has 1 saturated heterocycles. The minimum absolute atomic E-state index is 0.0175. The van der Waals surface area contributed by atoms with Crippen molar-refractivity contribution in [1.82, 2.24) is 29.7 Å². The second kappa shape index (κ2) is 12.0. The number of anilines is 2. The zero-order chi connectivity index (χ0) is 28.2. The molecule has 10 heteroatoms. The average Bonchev–Trinajstić information content (AvgIpc) is 3.36. The molecule has 1 amide bonds. The van der Waals surface area contributed by atoms with E-state index in [0.29, 0.717) is 17.4 Å². The summed E-state index contributed by atoms with van der Waals surface area (Å²) in [5.74, 6) is -0.603. The number of hydrogen-bond donors (Lipinski definition) is 2. The van der Waals surface area contributed by atoms with E-state index < -0.39 is 5.82 Å². The van der Waals surface area contributed by atoms with Gasteiger partial charge in [0, 0.05) is 68.6 Å². The number of amides is 1. The van der Waals surface area contributed by atoms with Gasteiger partial charge < -0.3 is 24.8 Å². The number of fused-ring (bicyclic) bond motifs is 1. The Morgan fingerprint density at radius 1 is 1.07 bits per heavy atom. The smallest absolute Gasteiger partial charge is 0.262 e. The van der Waals surface area contributed by atoms with E-state index >= 15 is 4.39 Å². The molecule has 1 fully saturated rings. The van der Waals surface area contributed by atoms with Crippen LogP contribution >= 0.6 is 0 Å². The highest BCUT2D eigenvalue weighted by Crippen LogP contribution is 2.34. The van der Waals surface area contributed by atoms with Crippen LogP contribution in [-0.4, -0.2) is 81.9 Å². The van der Waals surface area contributed by atoms with Crippen LogP contribution in [0.3, 0.4) is 0 Å². The van der Waals surface area contributed by atoms with E-state index in [1.54, 1.807) is 19.2 Å². The van der Waals surface area contributed by atoms with E-state index in [9.17, 15) is 4.79 Å². The highest BCUT2D eigenvalue weighted by molar-refractivity contribution is 6.01. The number of aromatic amines is 1. The number of aryl methyl sites for hydroxylation is 1. The van der Waals surface area contributed by atoms with E-state index in [-0.39, 0.29) is 28.9 Å². The van der Waals surface area contributed by atoms with Crippen LogP contribution in [-0.2, 0) is 6.54 Å². The van der Waals surface area contributed by atoms with Crippen molar-refractivity contribution in [2.45, 2.75) is 27.3 Å². The lowest BCUT2D eigenvalue weighted by Crippen LogP contribution is -2.45. The van der Waals surface area contributed by atoms with E-state index in [1.807, 2.05) is 26.0 Å². The summed E-state index contributed by atoms with van der Waals surface area (Å²) >= 11 is 0. The number of H-pyrrole nitrogens is 1. The maximum Gasteiger partial charge on any atom is 0.262 e. The summed E-state index contributed by atoms with van der Waals surface area (Å²) in [4.78, 5) is 31.6. The van der Waals surface area contributed by atoms with Gasteiger partial charge >= 0.3 is 0 Å². The first-order valence-electron chi connectivity index (χ1n) is 13.7. The number of rotatable bonds is 9. The third-order valence-corrected chi connectivity index (χ3v) is 7.43. The van der Waals surface area contributed by atoms with Crippen molar-refractivity contribution in [3.05, 3.63) is 71.4 Å². The molecule has 0 aliphatic carbocycles. The van der Waals surface area contributed by atoms with Gasteiger partial charge in [-0.25, -0.2) is 14.4 Å². The van der Waals surface area contributed by atoms with Crippen LogP contribution < -0.4 is 10.1 Å². The number of aromatic nitrogens is 3. The first-order valence-corrected chi connectivity index (χ1v) is 13.7. The van der Waals surface area contributed by atoms with Crippen molar-refractivity contribution in [2.75, 3.05) is 51.6 Å². The SMILES string of the molecule is CCN1CCN(Cc2ccc(Nc3ncnc(Oc4ccc5[nH]c(C)cc5c4F)c3C(=O)N(C)CC)cc2)CC1. The van der Waals surface area contributed by atoms with E-state index in [0.717, 1.165) is 50.6 Å². The predicted octanol–water partition coefficient (Wildman–Crippen LogP) is 5.17. The van der Waals surface area contributed by atoms with Gasteiger partial charge in [-0.1, -0.05) is 19.1 Å². The van der Waals surface area contributed by atoms with E-state index in [2.05, 4.69) is 49.1 Å². The van der Waals surface area contributed by atoms with Crippen LogP contribution in [0, 0.1) is 12.7 Å². The molecule has 2 aromatic heterocycles. The molecule has 0 atom stereocenters. The molecule has 0 unspecified atom stereocenters. The number of hydrogen-bond acceptors (Lipinski definition) is 7. The third-order valence-electron chi connectivity index (χ3n) is 7.43. The molecule has 0 saturated carbocycles. The zero-order valence-corrected chi connectivity index (χ0v) is 23.5. The molecule has 40 heavy (non-hydrogen) atoms. The number of likely N-dealkylation sites (N-methyl/N-ethyl adjacent to an activating group) is 1. The molecule has 4 aromatic rings. The summed E-state index contributed by atoms with van der Waals surface area (Å²) < 4.78 is 21.2. The van der Waals surface area contributed by atoms with Crippen LogP contribution in [0.4, 0.5) is 15.9 Å². The van der Waals surface area contributed by atoms with Crippen molar-refractivity contribution in [3.63, 3.8) is 0 Å². The topological polar surface area (TPSA) is 89.6 Å². The molecule has 0 radical (unpaired) electrons. The van der Waals surface area contributed by atoms with Crippen molar-refractivity contribution in [2.24, 2.45) is 0 Å². The second-order valence-electron chi connectivity index (χ2n) is 10.1. The standard InChI is InChI=1S/C30H36FN7O2/c1-5-36(4)30(39)26-28(35-22-9-7-21(8-10-22)18-38-15-13-37(6-2)14-16-38)32-19-33-29(26)40-25-12-11-24-23(27(25)31)17-20(3)34-24/h7-12,17,19,34H,5-6,13-16,18H2,1-4H3,(H,32,33,35). The van der Waals surface area contributed by atoms with Gasteiger partial charge in [0.15, 0.2) is 17.4 Å². The fourth-order valence-corrected chi connectivity index (χ4v) is 4.89. The maximum absolute atomic E-state index is 15.3. The molecule has 2 N–H and O–H groups in total. The lowest BCUT2D eigenvalue weighted by molar-refractivity contribution is 0.0799. The number of piperazine rings is 1. The van der Waals surface area contributed by atoms with Crippen molar-refractivity contribution < 1.29 is 13.9 Å². The number of nitrogens with zero attached hydrogens (tertiary/aromatic N) is 5. The molecule has 0 spiro atoms. The molecule has 3 heterocycles. The fourth-order valence-electron chi connectivity index (χ4n) is 4.89. The molecular weight excluding hydrogens is 509 g/mol.